The molecule has 0 saturated carbocycles. The van der Waals surface area contributed by atoms with Crippen LogP contribution in [-0.4, -0.2) is 0 Å². The number of fused-ring (bicyclic) bond motifs is 1. The average molecular weight is 571 g/mol. The van der Waals surface area contributed by atoms with E-state index in [1.54, 1.807) is 4.90 Å². The van der Waals surface area contributed by atoms with E-state index in [2.05, 4.69) is 75.4 Å². The van der Waals surface area contributed by atoms with Crippen molar-refractivity contribution in [3.8, 4) is 33.4 Å². The number of rotatable bonds is 6. The van der Waals surface area contributed by atoms with Crippen LogP contribution in [-0.2, 0) is 0 Å². The van der Waals surface area contributed by atoms with Gasteiger partial charge in [0.05, 0.1) is 6.85 Å². The first kappa shape index (κ1) is 22.2. The number of anilines is 3. The molecule has 0 N–H and O–H groups in total. The van der Waals surface area contributed by atoms with Crippen LogP contribution in [0.25, 0.3) is 44.2 Å². The summed E-state index contributed by atoms with van der Waals surface area (Å²) in [6.07, 6.45) is 0. The fraction of sp³-hybridized carbons (Fsp3) is 0.0698. The molecule has 7 aromatic carbocycles. The predicted molar refractivity (Wildman–Crippen MR) is 189 cm³/mol. The lowest BCUT2D eigenvalue weighted by Gasteiger charge is -2.26. The number of aryl methyl sites for hydroxylation is 3. The Bertz CT molecular complexity index is 2300. The monoisotopic (exact) mass is 570 g/mol. The molecule has 0 aliphatic rings. The molecule has 0 bridgehead atoms. The van der Waals surface area contributed by atoms with Crippen molar-refractivity contribution in [1.82, 2.24) is 0 Å². The van der Waals surface area contributed by atoms with Gasteiger partial charge in [0.25, 0.3) is 0 Å². The van der Waals surface area contributed by atoms with Gasteiger partial charge in [-0.1, -0.05) is 115 Å². The Kier molecular flexibility index (Phi) is 5.90. The highest BCUT2D eigenvalue weighted by molar-refractivity contribution is 5.96. The SMILES string of the molecule is [2H]c1c([2H])c([2H])c(N(c2ccc(-c3cc4ccccc4cc3-c3ccccc3)cc2)c2ccc(-c3c(C)cc(C)cc3C)cc2)c([2H])c1[2H]. The number of hydrogen-bond donors (Lipinski definition) is 0. The first-order valence-corrected chi connectivity index (χ1v) is 14.9. The molecule has 0 unspecified atom stereocenters. The van der Waals surface area contributed by atoms with Crippen LogP contribution in [0.15, 0.2) is 158 Å². The fourth-order valence-corrected chi connectivity index (χ4v) is 6.30. The maximum absolute atomic E-state index is 8.88. The van der Waals surface area contributed by atoms with Gasteiger partial charge in [0.2, 0.25) is 0 Å². The summed E-state index contributed by atoms with van der Waals surface area (Å²) in [5.41, 5.74) is 11.6. The Morgan fingerprint density at radius 2 is 0.932 bits per heavy atom. The number of nitrogens with zero attached hydrogens (tertiary/aromatic N) is 1. The van der Waals surface area contributed by atoms with E-state index < -0.39 is 6.04 Å². The molecular formula is C43H35N. The molecule has 0 aliphatic heterocycles. The highest BCUT2D eigenvalue weighted by atomic mass is 15.1. The molecule has 0 heterocycles. The van der Waals surface area contributed by atoms with Crippen molar-refractivity contribution in [2.24, 2.45) is 0 Å². The van der Waals surface area contributed by atoms with E-state index in [0.29, 0.717) is 11.4 Å². The first-order chi connectivity index (χ1) is 23.6. The first-order valence-electron chi connectivity index (χ1n) is 17.4. The molecule has 0 atom stereocenters. The van der Waals surface area contributed by atoms with Gasteiger partial charge in [0.15, 0.2) is 0 Å². The largest absolute Gasteiger partial charge is 0.311 e. The van der Waals surface area contributed by atoms with Crippen molar-refractivity contribution < 1.29 is 6.85 Å². The zero-order valence-electron chi connectivity index (χ0n) is 30.1. The average Bonchev–Trinajstić information content (AvgIpc) is 3.11. The van der Waals surface area contributed by atoms with E-state index in [0.717, 1.165) is 38.6 Å². The molecule has 0 fully saturated rings. The second-order valence-corrected chi connectivity index (χ2v) is 11.3. The zero-order chi connectivity index (χ0) is 34.4. The summed E-state index contributed by atoms with van der Waals surface area (Å²) in [5, 5.41) is 2.30. The molecule has 7 aromatic rings. The third-order valence-corrected chi connectivity index (χ3v) is 8.21. The minimum atomic E-state index is -0.417. The van der Waals surface area contributed by atoms with E-state index in [4.69, 9.17) is 6.85 Å². The number of para-hydroxylation sites is 1. The molecule has 7 rings (SSSR count). The number of hydrogen-bond acceptors (Lipinski definition) is 1. The lowest BCUT2D eigenvalue weighted by Crippen LogP contribution is -2.09. The van der Waals surface area contributed by atoms with Crippen molar-refractivity contribution in [3.63, 3.8) is 0 Å². The van der Waals surface area contributed by atoms with Crippen LogP contribution in [0.5, 0.6) is 0 Å². The Balaban J connectivity index is 1.38. The zero-order valence-corrected chi connectivity index (χ0v) is 25.1. The molecule has 212 valence electrons. The fourth-order valence-electron chi connectivity index (χ4n) is 6.30. The van der Waals surface area contributed by atoms with Crippen LogP contribution in [0.4, 0.5) is 17.1 Å². The summed E-state index contributed by atoms with van der Waals surface area (Å²) in [6, 6.07) is 41.8. The van der Waals surface area contributed by atoms with Gasteiger partial charge in [-0.05, 0) is 125 Å². The molecule has 0 aromatic heterocycles. The van der Waals surface area contributed by atoms with Crippen LogP contribution >= 0.6 is 0 Å². The summed E-state index contributed by atoms with van der Waals surface area (Å²) >= 11 is 0. The molecule has 1 nitrogen and oxygen atoms in total. The third-order valence-electron chi connectivity index (χ3n) is 8.21. The maximum atomic E-state index is 8.88. The molecule has 0 spiro atoms. The van der Waals surface area contributed by atoms with Crippen molar-refractivity contribution in [3.05, 3.63) is 174 Å². The molecule has 0 amide bonds. The third kappa shape index (κ3) is 5.29. The summed E-state index contributed by atoms with van der Waals surface area (Å²) in [6.45, 7) is 6.32. The molecule has 1 heteroatoms. The van der Waals surface area contributed by atoms with Gasteiger partial charge >= 0.3 is 0 Å². The van der Waals surface area contributed by atoms with Crippen molar-refractivity contribution in [2.45, 2.75) is 20.8 Å². The van der Waals surface area contributed by atoms with Crippen LogP contribution in [0.2, 0.25) is 0 Å². The predicted octanol–water partition coefficient (Wildman–Crippen LogP) is 12.2. The molecular weight excluding hydrogens is 530 g/mol. The Hall–Kier alpha value is -5.40. The van der Waals surface area contributed by atoms with Gasteiger partial charge < -0.3 is 4.90 Å². The highest BCUT2D eigenvalue weighted by Gasteiger charge is 2.15. The van der Waals surface area contributed by atoms with E-state index in [-0.39, 0.29) is 29.9 Å². The Labute approximate surface area is 267 Å². The quantitative estimate of drug-likeness (QED) is 0.192. The standard InChI is InChI=1S/C43H35N/c1-30-26-31(2)43(32(3)27-30)35-20-24-40(25-21-35)44(38-16-8-5-9-17-38)39-22-18-34(19-23-39)42-29-37-15-11-10-14-36(37)28-41(42)33-12-6-4-7-13-33/h4-29H,1-3H3/i5D,8D,9D,16D,17D. The summed E-state index contributed by atoms with van der Waals surface area (Å²) in [7, 11) is 0. The lowest BCUT2D eigenvalue weighted by atomic mass is 9.91. The highest BCUT2D eigenvalue weighted by Crippen LogP contribution is 2.40. The summed E-state index contributed by atoms with van der Waals surface area (Å²) in [5.74, 6) is 0. The van der Waals surface area contributed by atoms with Crippen molar-refractivity contribution in [1.29, 1.82) is 0 Å². The molecule has 44 heavy (non-hydrogen) atoms. The smallest absolute Gasteiger partial charge is 0.0645 e. The van der Waals surface area contributed by atoms with Crippen LogP contribution < -0.4 is 4.90 Å². The summed E-state index contributed by atoms with van der Waals surface area (Å²) in [4.78, 5) is 1.76. The normalized spacial score (nSPS) is 12.7. The topological polar surface area (TPSA) is 3.24 Å². The van der Waals surface area contributed by atoms with E-state index in [1.807, 2.05) is 72.8 Å². The Morgan fingerprint density at radius 1 is 0.455 bits per heavy atom. The van der Waals surface area contributed by atoms with Crippen molar-refractivity contribution in [2.75, 3.05) is 4.90 Å². The van der Waals surface area contributed by atoms with Gasteiger partial charge in [0, 0.05) is 17.1 Å². The van der Waals surface area contributed by atoms with Gasteiger partial charge in [0.1, 0.15) is 0 Å². The van der Waals surface area contributed by atoms with Gasteiger partial charge in [-0.2, -0.15) is 0 Å². The van der Waals surface area contributed by atoms with E-state index >= 15 is 0 Å². The van der Waals surface area contributed by atoms with Gasteiger partial charge in [-0.3, -0.25) is 0 Å². The molecule has 0 aliphatic carbocycles. The van der Waals surface area contributed by atoms with Gasteiger partial charge in [-0.25, -0.2) is 0 Å². The molecule has 0 saturated heterocycles. The second-order valence-electron chi connectivity index (χ2n) is 11.3. The minimum absolute atomic E-state index is 0.102. The van der Waals surface area contributed by atoms with Crippen molar-refractivity contribution >= 4 is 27.8 Å². The number of benzene rings is 7. The van der Waals surface area contributed by atoms with Crippen LogP contribution in [0.3, 0.4) is 0 Å². The van der Waals surface area contributed by atoms with E-state index in [1.165, 1.54) is 22.3 Å². The van der Waals surface area contributed by atoms with E-state index in [9.17, 15) is 0 Å². The molecule has 0 radical (unpaired) electrons. The van der Waals surface area contributed by atoms with Gasteiger partial charge in [-0.15, -0.1) is 0 Å². The summed E-state index contributed by atoms with van der Waals surface area (Å²) < 4.78 is 42.9. The maximum Gasteiger partial charge on any atom is 0.0645 e. The Morgan fingerprint density at radius 3 is 1.48 bits per heavy atom. The van der Waals surface area contributed by atoms with Crippen LogP contribution in [0.1, 0.15) is 23.5 Å². The minimum Gasteiger partial charge on any atom is -0.311 e. The van der Waals surface area contributed by atoms with Crippen LogP contribution in [0, 0.1) is 20.8 Å². The second kappa shape index (κ2) is 11.7. The lowest BCUT2D eigenvalue weighted by molar-refractivity contribution is 1.28.